The number of hydrogen-bond acceptors (Lipinski definition) is 3. The summed E-state index contributed by atoms with van der Waals surface area (Å²) in [4.78, 5) is 2.31. The first-order chi connectivity index (χ1) is 10.5. The standard InChI is InChI=1S/C16H21N3O2S/c1-13(18-9-11-19(12-10-18)22(17,20)21)15-8-4-6-14-5-2-3-7-16(14)15/h2-8,13H,9-12H2,1H3,(H2,17,20,21)/t13-/m1/s1. The van der Waals surface area contributed by atoms with Crippen LogP contribution in [0.3, 0.4) is 0 Å². The lowest BCUT2D eigenvalue weighted by atomic mass is 9.98. The number of nitrogens with zero attached hydrogens (tertiary/aromatic N) is 2. The van der Waals surface area contributed by atoms with Gasteiger partial charge in [-0.05, 0) is 23.3 Å². The molecule has 1 aliphatic heterocycles. The first-order valence-electron chi connectivity index (χ1n) is 7.46. The number of hydrogen-bond donors (Lipinski definition) is 1. The molecular weight excluding hydrogens is 298 g/mol. The maximum Gasteiger partial charge on any atom is 0.276 e. The second-order valence-electron chi connectivity index (χ2n) is 5.72. The van der Waals surface area contributed by atoms with Crippen molar-refractivity contribution in [3.8, 4) is 0 Å². The van der Waals surface area contributed by atoms with Crippen LogP contribution in [0.15, 0.2) is 42.5 Å². The molecule has 118 valence electrons. The van der Waals surface area contributed by atoms with Gasteiger partial charge >= 0.3 is 0 Å². The van der Waals surface area contributed by atoms with E-state index in [1.807, 2.05) is 6.07 Å². The molecule has 2 N–H and O–H groups in total. The van der Waals surface area contributed by atoms with Gasteiger partial charge in [-0.15, -0.1) is 0 Å². The summed E-state index contributed by atoms with van der Waals surface area (Å²) < 4.78 is 24.1. The van der Waals surface area contributed by atoms with E-state index >= 15 is 0 Å². The third kappa shape index (κ3) is 3.01. The van der Waals surface area contributed by atoms with Crippen LogP contribution in [-0.2, 0) is 10.2 Å². The van der Waals surface area contributed by atoms with E-state index in [1.54, 1.807) is 0 Å². The summed E-state index contributed by atoms with van der Waals surface area (Å²) in [5.41, 5.74) is 1.28. The number of piperazine rings is 1. The molecule has 2 aromatic rings. The Morgan fingerprint density at radius 1 is 1.00 bits per heavy atom. The molecule has 0 saturated carbocycles. The highest BCUT2D eigenvalue weighted by atomic mass is 32.2. The fraction of sp³-hybridized carbons (Fsp3) is 0.375. The van der Waals surface area contributed by atoms with Crippen LogP contribution in [0.25, 0.3) is 10.8 Å². The van der Waals surface area contributed by atoms with E-state index in [4.69, 9.17) is 5.14 Å². The first kappa shape index (κ1) is 15.4. The Kier molecular flexibility index (Phi) is 4.18. The topological polar surface area (TPSA) is 66.6 Å². The van der Waals surface area contributed by atoms with Crippen LogP contribution in [0.1, 0.15) is 18.5 Å². The predicted molar refractivity (Wildman–Crippen MR) is 88.6 cm³/mol. The van der Waals surface area contributed by atoms with Crippen molar-refractivity contribution in [3.05, 3.63) is 48.0 Å². The van der Waals surface area contributed by atoms with E-state index in [1.165, 1.54) is 20.6 Å². The quantitative estimate of drug-likeness (QED) is 0.937. The van der Waals surface area contributed by atoms with E-state index in [-0.39, 0.29) is 6.04 Å². The summed E-state index contributed by atoms with van der Waals surface area (Å²) in [6, 6.07) is 14.9. The van der Waals surface area contributed by atoms with Gasteiger partial charge in [0, 0.05) is 32.2 Å². The minimum absolute atomic E-state index is 0.244. The zero-order valence-corrected chi connectivity index (χ0v) is 13.5. The molecule has 0 spiro atoms. The summed E-state index contributed by atoms with van der Waals surface area (Å²) in [5, 5.41) is 7.68. The molecule has 1 aliphatic rings. The maximum atomic E-state index is 11.4. The highest BCUT2D eigenvalue weighted by Gasteiger charge is 2.27. The number of fused-ring (bicyclic) bond motifs is 1. The lowest BCUT2D eigenvalue weighted by molar-refractivity contribution is 0.146. The Balaban J connectivity index is 1.81. The van der Waals surface area contributed by atoms with Crippen LogP contribution in [0.2, 0.25) is 0 Å². The van der Waals surface area contributed by atoms with Crippen LogP contribution in [-0.4, -0.2) is 43.8 Å². The third-order valence-corrected chi connectivity index (χ3v) is 5.54. The van der Waals surface area contributed by atoms with Gasteiger partial charge in [-0.1, -0.05) is 42.5 Å². The molecule has 22 heavy (non-hydrogen) atoms. The number of nitrogens with two attached hydrogens (primary N) is 1. The van der Waals surface area contributed by atoms with Crippen molar-refractivity contribution in [1.82, 2.24) is 9.21 Å². The Morgan fingerprint density at radius 3 is 2.32 bits per heavy atom. The number of benzene rings is 2. The minimum Gasteiger partial charge on any atom is -0.294 e. The average Bonchev–Trinajstić information content (AvgIpc) is 2.53. The van der Waals surface area contributed by atoms with Crippen LogP contribution in [0, 0.1) is 0 Å². The molecular formula is C16H21N3O2S. The highest BCUT2D eigenvalue weighted by Crippen LogP contribution is 2.28. The molecule has 1 heterocycles. The molecule has 3 rings (SSSR count). The second kappa shape index (κ2) is 5.96. The molecule has 2 aromatic carbocycles. The molecule has 0 radical (unpaired) electrons. The molecule has 5 nitrogen and oxygen atoms in total. The molecule has 0 aliphatic carbocycles. The summed E-state index contributed by atoms with van der Waals surface area (Å²) in [6.45, 7) is 4.47. The summed E-state index contributed by atoms with van der Waals surface area (Å²) >= 11 is 0. The van der Waals surface area contributed by atoms with Gasteiger partial charge in [0.05, 0.1) is 0 Å². The van der Waals surface area contributed by atoms with Crippen molar-refractivity contribution in [2.24, 2.45) is 5.14 Å². The molecule has 0 aromatic heterocycles. The van der Waals surface area contributed by atoms with Crippen molar-refractivity contribution in [2.75, 3.05) is 26.2 Å². The van der Waals surface area contributed by atoms with Crippen molar-refractivity contribution in [1.29, 1.82) is 0 Å². The van der Waals surface area contributed by atoms with Gasteiger partial charge in [0.1, 0.15) is 0 Å². The van der Waals surface area contributed by atoms with E-state index in [0.29, 0.717) is 26.2 Å². The summed E-state index contributed by atoms with van der Waals surface area (Å²) in [6.07, 6.45) is 0. The normalized spacial score (nSPS) is 19.4. The molecule has 0 unspecified atom stereocenters. The van der Waals surface area contributed by atoms with Gasteiger partial charge in [-0.2, -0.15) is 12.7 Å². The van der Waals surface area contributed by atoms with Gasteiger partial charge in [-0.3, -0.25) is 4.90 Å². The van der Waals surface area contributed by atoms with Crippen LogP contribution in [0.5, 0.6) is 0 Å². The molecule has 6 heteroatoms. The molecule has 1 fully saturated rings. The van der Waals surface area contributed by atoms with E-state index in [2.05, 4.69) is 48.2 Å². The molecule has 1 atom stereocenters. The zero-order chi connectivity index (χ0) is 15.7. The fourth-order valence-corrected chi connectivity index (χ4v) is 3.83. The van der Waals surface area contributed by atoms with Crippen LogP contribution < -0.4 is 5.14 Å². The molecule has 1 saturated heterocycles. The minimum atomic E-state index is -3.57. The SMILES string of the molecule is C[C@H](c1cccc2ccccc12)N1CCN(S(N)(=O)=O)CC1. The van der Waals surface area contributed by atoms with E-state index in [0.717, 1.165) is 0 Å². The Bertz CT molecular complexity index is 763. The van der Waals surface area contributed by atoms with Gasteiger partial charge in [0.25, 0.3) is 10.2 Å². The van der Waals surface area contributed by atoms with Gasteiger partial charge < -0.3 is 0 Å². The van der Waals surface area contributed by atoms with Crippen molar-refractivity contribution < 1.29 is 8.42 Å². The van der Waals surface area contributed by atoms with Crippen LogP contribution in [0.4, 0.5) is 0 Å². The lowest BCUT2D eigenvalue weighted by Crippen LogP contribution is -2.51. The van der Waals surface area contributed by atoms with E-state index in [9.17, 15) is 8.42 Å². The molecule has 0 amide bonds. The molecule has 0 bridgehead atoms. The average molecular weight is 319 g/mol. The van der Waals surface area contributed by atoms with Crippen molar-refractivity contribution >= 4 is 21.0 Å². The fourth-order valence-electron chi connectivity index (χ4n) is 3.16. The van der Waals surface area contributed by atoms with E-state index < -0.39 is 10.2 Å². The third-order valence-electron chi connectivity index (χ3n) is 4.45. The second-order valence-corrected chi connectivity index (χ2v) is 7.27. The zero-order valence-electron chi connectivity index (χ0n) is 12.6. The predicted octanol–water partition coefficient (Wildman–Crippen LogP) is 1.72. The summed E-state index contributed by atoms with van der Waals surface area (Å²) in [7, 11) is -3.57. The van der Waals surface area contributed by atoms with Crippen LogP contribution >= 0.6 is 0 Å². The van der Waals surface area contributed by atoms with Crippen molar-refractivity contribution in [2.45, 2.75) is 13.0 Å². The largest absolute Gasteiger partial charge is 0.294 e. The first-order valence-corrected chi connectivity index (χ1v) is 8.97. The number of rotatable bonds is 3. The van der Waals surface area contributed by atoms with Gasteiger partial charge in [-0.25, -0.2) is 5.14 Å². The highest BCUT2D eigenvalue weighted by molar-refractivity contribution is 7.86. The Morgan fingerprint density at radius 2 is 1.64 bits per heavy atom. The Labute approximate surface area is 131 Å². The smallest absolute Gasteiger partial charge is 0.276 e. The monoisotopic (exact) mass is 319 g/mol. The van der Waals surface area contributed by atoms with Gasteiger partial charge in [0.2, 0.25) is 0 Å². The maximum absolute atomic E-state index is 11.4. The summed E-state index contributed by atoms with van der Waals surface area (Å²) in [5.74, 6) is 0. The lowest BCUT2D eigenvalue weighted by Gasteiger charge is -2.37. The van der Waals surface area contributed by atoms with Gasteiger partial charge in [0.15, 0.2) is 0 Å². The van der Waals surface area contributed by atoms with Crippen molar-refractivity contribution in [3.63, 3.8) is 0 Å². The Hall–Kier alpha value is -1.47.